The largest absolute Gasteiger partial charge is 0.507 e. The molecule has 106 valence electrons. The van der Waals surface area contributed by atoms with Gasteiger partial charge >= 0.3 is 0 Å². The van der Waals surface area contributed by atoms with Crippen LogP contribution in [0.4, 0.5) is 0 Å². The van der Waals surface area contributed by atoms with Gasteiger partial charge in [0.2, 0.25) is 0 Å². The summed E-state index contributed by atoms with van der Waals surface area (Å²) in [6.07, 6.45) is 5.83. The number of phenols is 1. The molecule has 19 heavy (non-hydrogen) atoms. The molecule has 2 nitrogen and oxygen atoms in total. The Hall–Kier alpha value is -1.02. The van der Waals surface area contributed by atoms with Gasteiger partial charge in [0.25, 0.3) is 0 Å². The van der Waals surface area contributed by atoms with E-state index in [9.17, 15) is 5.11 Å². The molecular weight excluding hydrogens is 234 g/mol. The van der Waals surface area contributed by atoms with Crippen molar-refractivity contribution in [1.82, 2.24) is 0 Å². The van der Waals surface area contributed by atoms with Gasteiger partial charge in [0.05, 0.1) is 0 Å². The zero-order valence-electron chi connectivity index (χ0n) is 12.7. The lowest BCUT2D eigenvalue weighted by atomic mass is 9.74. The van der Waals surface area contributed by atoms with Gasteiger partial charge in [-0.15, -0.1) is 0 Å². The van der Waals surface area contributed by atoms with Crippen molar-refractivity contribution in [2.45, 2.75) is 70.8 Å². The molecule has 0 aromatic heterocycles. The first-order chi connectivity index (χ1) is 8.74. The van der Waals surface area contributed by atoms with Crippen molar-refractivity contribution in [3.63, 3.8) is 0 Å². The summed E-state index contributed by atoms with van der Waals surface area (Å²) in [6.45, 7) is 8.38. The molecule has 0 spiro atoms. The maximum Gasteiger partial charge on any atom is 0.122 e. The van der Waals surface area contributed by atoms with Gasteiger partial charge < -0.3 is 10.8 Å². The third-order valence-corrected chi connectivity index (χ3v) is 4.43. The minimum atomic E-state index is -0.198. The van der Waals surface area contributed by atoms with Crippen molar-refractivity contribution < 1.29 is 5.11 Å². The fourth-order valence-electron chi connectivity index (χ4n) is 3.11. The second-order valence-electron chi connectivity index (χ2n) is 7.16. The molecule has 0 saturated heterocycles. The molecule has 1 fully saturated rings. The molecule has 1 saturated carbocycles. The summed E-state index contributed by atoms with van der Waals surface area (Å²) in [6, 6.07) is 4.21. The second kappa shape index (κ2) is 4.82. The lowest BCUT2D eigenvalue weighted by molar-refractivity contribution is 0.301. The summed E-state index contributed by atoms with van der Waals surface area (Å²) in [7, 11) is 0. The first-order valence-electron chi connectivity index (χ1n) is 7.37. The summed E-state index contributed by atoms with van der Waals surface area (Å²) in [5, 5.41) is 10.3. The van der Waals surface area contributed by atoms with E-state index >= 15 is 0 Å². The third-order valence-electron chi connectivity index (χ3n) is 4.43. The zero-order valence-corrected chi connectivity index (χ0v) is 12.7. The number of rotatable bonds is 1. The van der Waals surface area contributed by atoms with E-state index in [1.165, 1.54) is 24.8 Å². The number of nitrogens with two attached hydrogens (primary N) is 1. The molecule has 1 aliphatic carbocycles. The quantitative estimate of drug-likeness (QED) is 0.799. The molecule has 0 unspecified atom stereocenters. The van der Waals surface area contributed by atoms with Gasteiger partial charge in [0.1, 0.15) is 5.75 Å². The Morgan fingerprint density at radius 1 is 1.11 bits per heavy atom. The van der Waals surface area contributed by atoms with Gasteiger partial charge in [-0.1, -0.05) is 46.1 Å². The summed E-state index contributed by atoms with van der Waals surface area (Å²) in [4.78, 5) is 0. The summed E-state index contributed by atoms with van der Waals surface area (Å²) in [5.41, 5.74) is 9.53. The Morgan fingerprint density at radius 3 is 2.21 bits per heavy atom. The van der Waals surface area contributed by atoms with Crippen molar-refractivity contribution in [2.24, 2.45) is 5.73 Å². The molecule has 0 heterocycles. The van der Waals surface area contributed by atoms with E-state index in [1.807, 2.05) is 6.92 Å². The standard InChI is InChI=1S/C17H27NO/c1-12-10-13(17(18)8-6-5-7-9-17)11-14(15(12)19)16(2,3)4/h10-11,19H,5-9,18H2,1-4H3. The Labute approximate surface area is 117 Å². The molecule has 0 bridgehead atoms. The minimum Gasteiger partial charge on any atom is -0.507 e. The maximum absolute atomic E-state index is 10.3. The van der Waals surface area contributed by atoms with Crippen LogP contribution in [0, 0.1) is 6.92 Å². The van der Waals surface area contributed by atoms with Gasteiger partial charge in [-0.05, 0) is 47.9 Å². The van der Waals surface area contributed by atoms with Crippen molar-refractivity contribution in [2.75, 3.05) is 0 Å². The topological polar surface area (TPSA) is 46.2 Å². The van der Waals surface area contributed by atoms with Crippen LogP contribution in [0.15, 0.2) is 12.1 Å². The van der Waals surface area contributed by atoms with E-state index in [4.69, 9.17) is 5.73 Å². The van der Waals surface area contributed by atoms with E-state index in [0.29, 0.717) is 5.75 Å². The third kappa shape index (κ3) is 2.79. The van der Waals surface area contributed by atoms with Crippen LogP contribution in [0.3, 0.4) is 0 Å². The van der Waals surface area contributed by atoms with Crippen LogP contribution in [0.2, 0.25) is 0 Å². The van der Waals surface area contributed by atoms with Crippen LogP contribution >= 0.6 is 0 Å². The van der Waals surface area contributed by atoms with Crippen LogP contribution in [0.5, 0.6) is 5.75 Å². The summed E-state index contributed by atoms with van der Waals surface area (Å²) in [5.74, 6) is 0.427. The first kappa shape index (κ1) is 14.4. The molecule has 0 atom stereocenters. The van der Waals surface area contributed by atoms with Crippen LogP contribution in [-0.4, -0.2) is 5.11 Å². The Balaban J connectivity index is 2.50. The van der Waals surface area contributed by atoms with Crippen molar-refractivity contribution in [1.29, 1.82) is 0 Å². The molecule has 3 N–H and O–H groups in total. The predicted octanol–water partition coefficient (Wildman–Crippen LogP) is 4.12. The van der Waals surface area contributed by atoms with Crippen molar-refractivity contribution >= 4 is 0 Å². The van der Waals surface area contributed by atoms with Crippen molar-refractivity contribution in [3.8, 4) is 5.75 Å². The number of hydrogen-bond acceptors (Lipinski definition) is 2. The average molecular weight is 261 g/mol. The summed E-state index contributed by atoms with van der Waals surface area (Å²) >= 11 is 0. The highest BCUT2D eigenvalue weighted by molar-refractivity contribution is 5.48. The van der Waals surface area contributed by atoms with Crippen molar-refractivity contribution in [3.05, 3.63) is 28.8 Å². The molecule has 1 aromatic rings. The van der Waals surface area contributed by atoms with Gasteiger partial charge in [-0.3, -0.25) is 0 Å². The Morgan fingerprint density at radius 2 is 1.68 bits per heavy atom. The van der Waals surface area contributed by atoms with Gasteiger partial charge in [-0.2, -0.15) is 0 Å². The fourth-order valence-corrected chi connectivity index (χ4v) is 3.11. The first-order valence-corrected chi connectivity index (χ1v) is 7.37. The fraction of sp³-hybridized carbons (Fsp3) is 0.647. The van der Waals surface area contributed by atoms with E-state index in [2.05, 4.69) is 32.9 Å². The number of phenolic OH excluding ortho intramolecular Hbond substituents is 1. The van der Waals surface area contributed by atoms with Gasteiger partial charge in [-0.25, -0.2) is 0 Å². The van der Waals surface area contributed by atoms with E-state index < -0.39 is 0 Å². The highest BCUT2D eigenvalue weighted by Crippen LogP contribution is 2.40. The van der Waals surface area contributed by atoms with Gasteiger partial charge in [0, 0.05) is 5.54 Å². The zero-order chi connectivity index (χ0) is 14.3. The minimum absolute atomic E-state index is 0.0596. The SMILES string of the molecule is Cc1cc(C2(N)CCCCC2)cc(C(C)(C)C)c1O. The van der Waals surface area contributed by atoms with E-state index in [1.54, 1.807) is 0 Å². The molecular formula is C17H27NO. The second-order valence-corrected chi connectivity index (χ2v) is 7.16. The Bertz CT molecular complexity index is 465. The monoisotopic (exact) mass is 261 g/mol. The lowest BCUT2D eigenvalue weighted by Crippen LogP contribution is -2.39. The number of aryl methyl sites for hydroxylation is 1. The highest BCUT2D eigenvalue weighted by atomic mass is 16.3. The van der Waals surface area contributed by atoms with Crippen LogP contribution in [0.1, 0.15) is 69.6 Å². The molecule has 1 aromatic carbocycles. The lowest BCUT2D eigenvalue weighted by Gasteiger charge is -2.35. The molecule has 0 aliphatic heterocycles. The molecule has 2 heteroatoms. The average Bonchev–Trinajstić information content (AvgIpc) is 2.31. The van der Waals surface area contributed by atoms with Crippen LogP contribution in [0.25, 0.3) is 0 Å². The highest BCUT2D eigenvalue weighted by Gasteiger charge is 2.31. The van der Waals surface area contributed by atoms with Gasteiger partial charge in [0.15, 0.2) is 0 Å². The predicted molar refractivity (Wildman–Crippen MR) is 80.5 cm³/mol. The normalized spacial score (nSPS) is 19.4. The summed E-state index contributed by atoms with van der Waals surface area (Å²) < 4.78 is 0. The number of benzene rings is 1. The van der Waals surface area contributed by atoms with E-state index in [0.717, 1.165) is 24.0 Å². The number of hydrogen-bond donors (Lipinski definition) is 2. The van der Waals surface area contributed by atoms with Crippen LogP contribution < -0.4 is 5.73 Å². The number of aromatic hydroxyl groups is 1. The maximum atomic E-state index is 10.3. The molecule has 2 rings (SSSR count). The molecule has 0 radical (unpaired) electrons. The van der Waals surface area contributed by atoms with E-state index in [-0.39, 0.29) is 11.0 Å². The van der Waals surface area contributed by atoms with Crippen LogP contribution in [-0.2, 0) is 11.0 Å². The Kier molecular flexibility index (Phi) is 3.65. The smallest absolute Gasteiger partial charge is 0.122 e. The molecule has 1 aliphatic rings. The molecule has 0 amide bonds.